The number of nitrogens with one attached hydrogen (secondary N) is 1. The van der Waals surface area contributed by atoms with Gasteiger partial charge >= 0.3 is 6.09 Å². The first-order chi connectivity index (χ1) is 13.2. The second-order valence-electron chi connectivity index (χ2n) is 7.75. The van der Waals surface area contributed by atoms with Crippen LogP contribution in [0, 0.1) is 0 Å². The summed E-state index contributed by atoms with van der Waals surface area (Å²) in [6, 6.07) is 5.83. The second kappa shape index (κ2) is 9.25. The number of alkyl carbamates (subject to hydrolysis) is 1. The van der Waals surface area contributed by atoms with Crippen LogP contribution < -0.4 is 20.4 Å². The number of nitrogens with two attached hydrogens (primary N) is 1. The number of aliphatic hydroxyl groups excluding tert-OH is 1. The molecule has 2 rings (SSSR count). The number of carbonyl (C=O) groups is 1. The van der Waals surface area contributed by atoms with Crippen molar-refractivity contribution in [3.63, 3.8) is 0 Å². The van der Waals surface area contributed by atoms with Crippen LogP contribution in [0.1, 0.15) is 40.4 Å². The summed E-state index contributed by atoms with van der Waals surface area (Å²) < 4.78 is 15.2. The van der Waals surface area contributed by atoms with Gasteiger partial charge in [0.25, 0.3) is 5.82 Å². The number of carbonyl (C=O) groups excluding carboxylic acids is 1. The smallest absolute Gasteiger partial charge is 0.407 e. The number of rotatable bonds is 8. The third-order valence-corrected chi connectivity index (χ3v) is 4.14. The van der Waals surface area contributed by atoms with Crippen molar-refractivity contribution in [1.82, 2.24) is 9.88 Å². The average molecular weight is 394 g/mol. The largest absolute Gasteiger partial charge is 0.492 e. The molecule has 0 aliphatic rings. The number of nitrogens with zero attached hydrogens (tertiary/aromatic N) is 2. The van der Waals surface area contributed by atoms with Gasteiger partial charge in [0.05, 0.1) is 25.7 Å². The molecule has 1 unspecified atom stereocenters. The van der Waals surface area contributed by atoms with Crippen LogP contribution in [0.2, 0.25) is 0 Å². The Bertz CT molecular complexity index is 809. The SMILES string of the molecule is CC[n+]1c(CN)n(CC(C)O)c2cc(OCCNC(=O)OC(C)(C)C)ccc21. The minimum absolute atomic E-state index is 0.319. The van der Waals surface area contributed by atoms with E-state index >= 15 is 0 Å². The fourth-order valence-electron chi connectivity index (χ4n) is 3.14. The fourth-order valence-corrected chi connectivity index (χ4v) is 3.14. The Balaban J connectivity index is 2.11. The lowest BCUT2D eigenvalue weighted by molar-refractivity contribution is -0.676. The van der Waals surface area contributed by atoms with Gasteiger partial charge in [-0.15, -0.1) is 0 Å². The maximum Gasteiger partial charge on any atom is 0.407 e. The van der Waals surface area contributed by atoms with E-state index in [1.807, 2.05) is 43.5 Å². The van der Waals surface area contributed by atoms with Crippen LogP contribution in [0.25, 0.3) is 11.0 Å². The van der Waals surface area contributed by atoms with Gasteiger partial charge in [-0.1, -0.05) is 0 Å². The first kappa shape index (κ1) is 22.0. The van der Waals surface area contributed by atoms with E-state index in [1.165, 1.54) is 0 Å². The van der Waals surface area contributed by atoms with Crippen LogP contribution in [0.4, 0.5) is 4.79 Å². The first-order valence-electron chi connectivity index (χ1n) is 9.69. The zero-order valence-electron chi connectivity index (χ0n) is 17.5. The van der Waals surface area contributed by atoms with Crippen LogP contribution in [0.15, 0.2) is 18.2 Å². The van der Waals surface area contributed by atoms with Gasteiger partial charge < -0.3 is 25.6 Å². The Morgan fingerprint density at radius 3 is 2.68 bits per heavy atom. The highest BCUT2D eigenvalue weighted by molar-refractivity contribution is 5.74. The van der Waals surface area contributed by atoms with Crippen LogP contribution in [-0.4, -0.2) is 40.6 Å². The van der Waals surface area contributed by atoms with E-state index in [9.17, 15) is 9.90 Å². The molecule has 1 heterocycles. The molecule has 1 aromatic heterocycles. The molecule has 0 fully saturated rings. The van der Waals surface area contributed by atoms with Gasteiger partial charge in [-0.05, 0) is 46.8 Å². The average Bonchev–Trinajstić information content (AvgIpc) is 2.88. The lowest BCUT2D eigenvalue weighted by atomic mass is 10.2. The van der Waals surface area contributed by atoms with Crippen LogP contribution >= 0.6 is 0 Å². The number of benzene rings is 1. The van der Waals surface area contributed by atoms with Crippen molar-refractivity contribution in [2.75, 3.05) is 13.2 Å². The zero-order valence-corrected chi connectivity index (χ0v) is 17.5. The predicted molar refractivity (Wildman–Crippen MR) is 107 cm³/mol. The molecule has 4 N–H and O–H groups in total. The molecular formula is C20H33N4O4+. The van der Waals surface area contributed by atoms with Crippen molar-refractivity contribution in [3.05, 3.63) is 24.0 Å². The van der Waals surface area contributed by atoms with Crippen LogP contribution in [0.5, 0.6) is 5.75 Å². The van der Waals surface area contributed by atoms with Crippen molar-refractivity contribution in [2.24, 2.45) is 5.73 Å². The highest BCUT2D eigenvalue weighted by atomic mass is 16.6. The van der Waals surface area contributed by atoms with Crippen molar-refractivity contribution in [2.45, 2.75) is 66.0 Å². The number of fused-ring (bicyclic) bond motifs is 1. The summed E-state index contributed by atoms with van der Waals surface area (Å²) in [5.74, 6) is 1.65. The second-order valence-corrected chi connectivity index (χ2v) is 7.75. The van der Waals surface area contributed by atoms with Crippen molar-refractivity contribution in [3.8, 4) is 5.75 Å². The molecule has 0 saturated heterocycles. The van der Waals surface area contributed by atoms with Gasteiger partial charge in [0.15, 0.2) is 11.0 Å². The highest BCUT2D eigenvalue weighted by Crippen LogP contribution is 2.22. The molecule has 1 amide bonds. The number of aromatic nitrogens is 2. The Kier molecular flexibility index (Phi) is 7.26. The minimum Gasteiger partial charge on any atom is -0.492 e. The molecule has 28 heavy (non-hydrogen) atoms. The molecule has 2 aromatic rings. The Hall–Kier alpha value is -2.32. The summed E-state index contributed by atoms with van der Waals surface area (Å²) >= 11 is 0. The van der Waals surface area contributed by atoms with E-state index in [0.717, 1.165) is 23.4 Å². The molecule has 1 atom stereocenters. The van der Waals surface area contributed by atoms with E-state index in [-0.39, 0.29) is 0 Å². The molecule has 8 heteroatoms. The number of ether oxygens (including phenoxy) is 2. The molecule has 0 spiro atoms. The van der Waals surface area contributed by atoms with Crippen molar-refractivity contribution < 1.29 is 23.9 Å². The minimum atomic E-state index is -0.527. The van der Waals surface area contributed by atoms with Gasteiger partial charge in [-0.3, -0.25) is 0 Å². The van der Waals surface area contributed by atoms with Gasteiger partial charge in [-0.2, -0.15) is 0 Å². The van der Waals surface area contributed by atoms with Crippen LogP contribution in [-0.2, 0) is 24.4 Å². The molecule has 0 aliphatic heterocycles. The third-order valence-electron chi connectivity index (χ3n) is 4.14. The van der Waals surface area contributed by atoms with Gasteiger partial charge in [0.1, 0.15) is 24.5 Å². The van der Waals surface area contributed by atoms with Gasteiger partial charge in [0, 0.05) is 6.07 Å². The predicted octanol–water partition coefficient (Wildman–Crippen LogP) is 1.69. The third kappa shape index (κ3) is 5.59. The molecule has 0 saturated carbocycles. The summed E-state index contributed by atoms with van der Waals surface area (Å²) in [5.41, 5.74) is 7.44. The monoisotopic (exact) mass is 393 g/mol. The van der Waals surface area contributed by atoms with Gasteiger partial charge in [-0.25, -0.2) is 13.9 Å². The molecular weight excluding hydrogens is 360 g/mol. The lowest BCUT2D eigenvalue weighted by Crippen LogP contribution is -2.38. The molecule has 0 aliphatic carbocycles. The summed E-state index contributed by atoms with van der Waals surface area (Å²) in [6.07, 6.45) is -0.956. The lowest BCUT2D eigenvalue weighted by Gasteiger charge is -2.19. The maximum atomic E-state index is 11.7. The van der Waals surface area contributed by atoms with E-state index in [4.69, 9.17) is 15.2 Å². The number of aliphatic hydroxyl groups is 1. The van der Waals surface area contributed by atoms with Gasteiger partial charge in [0.2, 0.25) is 0 Å². The van der Waals surface area contributed by atoms with E-state index in [2.05, 4.69) is 16.8 Å². The number of amides is 1. The number of hydrogen-bond donors (Lipinski definition) is 3. The standard InChI is InChI=1S/C20H32N4O4/c1-6-23-16-8-7-15(27-10-9-22-19(26)28-20(3,4)5)11-17(16)24(13-14(2)25)18(23)12-21/h7-8,11,14,25H,6,9-10,12-13,21H2,1-5H3/p+1. The number of hydrogen-bond acceptors (Lipinski definition) is 5. The summed E-state index contributed by atoms with van der Waals surface area (Å²) in [4.78, 5) is 11.7. The maximum absolute atomic E-state index is 11.7. The molecule has 8 nitrogen and oxygen atoms in total. The molecule has 0 bridgehead atoms. The summed E-state index contributed by atoms with van der Waals surface area (Å²) in [7, 11) is 0. The van der Waals surface area contributed by atoms with Crippen molar-refractivity contribution in [1.29, 1.82) is 0 Å². The van der Waals surface area contributed by atoms with E-state index in [0.29, 0.717) is 32.0 Å². The van der Waals surface area contributed by atoms with E-state index < -0.39 is 17.8 Å². The van der Waals surface area contributed by atoms with Crippen LogP contribution in [0.3, 0.4) is 0 Å². The molecule has 0 radical (unpaired) electrons. The Morgan fingerprint density at radius 1 is 1.39 bits per heavy atom. The summed E-state index contributed by atoms with van der Waals surface area (Å²) in [5, 5.41) is 12.6. The number of imidazole rings is 1. The Labute approximate surface area is 166 Å². The Morgan fingerprint density at radius 2 is 2.11 bits per heavy atom. The highest BCUT2D eigenvalue weighted by Gasteiger charge is 2.24. The zero-order chi connectivity index (χ0) is 20.9. The molecule has 156 valence electrons. The van der Waals surface area contributed by atoms with Crippen molar-refractivity contribution >= 4 is 17.1 Å². The fraction of sp³-hybridized carbons (Fsp3) is 0.600. The first-order valence-corrected chi connectivity index (χ1v) is 9.69. The quantitative estimate of drug-likeness (QED) is 0.468. The normalized spacial score (nSPS) is 12.8. The number of aryl methyl sites for hydroxylation is 1. The topological polar surface area (TPSA) is 103 Å². The van der Waals surface area contributed by atoms with E-state index in [1.54, 1.807) is 6.92 Å². The summed E-state index contributed by atoms with van der Waals surface area (Å²) in [6.45, 7) is 11.6. The molecule has 1 aromatic carbocycles.